The zero-order valence-electron chi connectivity index (χ0n) is 17.6. The second-order valence-corrected chi connectivity index (χ2v) is 7.88. The Balaban J connectivity index is 1.38. The van der Waals surface area contributed by atoms with E-state index in [1.54, 1.807) is 0 Å². The average molecular weight is 392 g/mol. The molecule has 1 fully saturated rings. The Labute approximate surface area is 175 Å². The van der Waals surface area contributed by atoms with Gasteiger partial charge in [0.2, 0.25) is 5.91 Å². The fourth-order valence-electron chi connectivity index (χ4n) is 3.70. The molecule has 0 aliphatic carbocycles. The van der Waals surface area contributed by atoms with Gasteiger partial charge in [-0.3, -0.25) is 14.6 Å². The molecule has 4 heteroatoms. The lowest BCUT2D eigenvalue weighted by molar-refractivity contribution is -0.126. The maximum absolute atomic E-state index is 12.6. The van der Waals surface area contributed by atoms with Crippen molar-refractivity contribution in [2.24, 2.45) is 0 Å². The minimum atomic E-state index is -0.0833. The topological polar surface area (TPSA) is 35.6 Å². The number of carbonyl (C=O) groups is 1. The van der Waals surface area contributed by atoms with Crippen LogP contribution in [0.3, 0.4) is 0 Å². The summed E-state index contributed by atoms with van der Waals surface area (Å²) < 4.78 is 0. The van der Waals surface area contributed by atoms with E-state index >= 15 is 0 Å². The van der Waals surface area contributed by atoms with E-state index in [-0.39, 0.29) is 11.9 Å². The first-order chi connectivity index (χ1) is 14.1. The van der Waals surface area contributed by atoms with Gasteiger partial charge in [-0.1, -0.05) is 79.7 Å². The third-order valence-corrected chi connectivity index (χ3v) is 5.76. The smallest absolute Gasteiger partial charge is 0.237 e. The molecule has 0 bridgehead atoms. The van der Waals surface area contributed by atoms with Crippen molar-refractivity contribution in [1.29, 1.82) is 0 Å². The van der Waals surface area contributed by atoms with E-state index in [0.717, 1.165) is 32.7 Å². The first-order valence-corrected chi connectivity index (χ1v) is 10.6. The number of nitrogens with one attached hydrogen (secondary N) is 1. The Morgan fingerprint density at radius 2 is 1.59 bits per heavy atom. The summed E-state index contributed by atoms with van der Waals surface area (Å²) in [6, 6.07) is 20.7. The maximum Gasteiger partial charge on any atom is 0.237 e. The number of hydrogen-bond acceptors (Lipinski definition) is 3. The molecule has 1 heterocycles. The molecule has 0 radical (unpaired) electrons. The Bertz CT molecular complexity index is 767. The second kappa shape index (κ2) is 10.9. The molecule has 0 aromatic heterocycles. The molecule has 2 aromatic carbocycles. The van der Waals surface area contributed by atoms with Crippen LogP contribution < -0.4 is 5.32 Å². The molecule has 2 atom stereocenters. The Morgan fingerprint density at radius 3 is 2.24 bits per heavy atom. The van der Waals surface area contributed by atoms with Gasteiger partial charge >= 0.3 is 0 Å². The van der Waals surface area contributed by atoms with Crippen LogP contribution in [0.2, 0.25) is 0 Å². The van der Waals surface area contributed by atoms with Gasteiger partial charge in [-0.05, 0) is 24.0 Å². The molecule has 4 nitrogen and oxygen atoms in total. The first-order valence-electron chi connectivity index (χ1n) is 10.6. The summed E-state index contributed by atoms with van der Waals surface area (Å²) in [6.45, 7) is 9.67. The van der Waals surface area contributed by atoms with Crippen LogP contribution in [0.1, 0.15) is 30.9 Å². The van der Waals surface area contributed by atoms with Gasteiger partial charge in [0, 0.05) is 39.3 Å². The number of benzene rings is 2. The Morgan fingerprint density at radius 1 is 0.966 bits per heavy atom. The summed E-state index contributed by atoms with van der Waals surface area (Å²) in [5, 5.41) is 3.14. The van der Waals surface area contributed by atoms with Crippen LogP contribution in [0.25, 0.3) is 6.08 Å². The highest BCUT2D eigenvalue weighted by molar-refractivity contribution is 5.81. The Kier molecular flexibility index (Phi) is 8.03. The van der Waals surface area contributed by atoms with E-state index in [9.17, 15) is 4.79 Å². The maximum atomic E-state index is 12.6. The van der Waals surface area contributed by atoms with Gasteiger partial charge < -0.3 is 5.32 Å². The highest BCUT2D eigenvalue weighted by Crippen LogP contribution is 2.13. The second-order valence-electron chi connectivity index (χ2n) is 7.88. The number of piperazine rings is 1. The van der Waals surface area contributed by atoms with Gasteiger partial charge in [0.15, 0.2) is 0 Å². The van der Waals surface area contributed by atoms with Crippen LogP contribution >= 0.6 is 0 Å². The molecular weight excluding hydrogens is 358 g/mol. The zero-order chi connectivity index (χ0) is 20.5. The zero-order valence-corrected chi connectivity index (χ0v) is 17.6. The molecule has 29 heavy (non-hydrogen) atoms. The SMILES string of the molecule is C[C@@H](CNC(=O)[C@H](C)N1CCN(C/C=C/c2ccccc2)CC1)c1ccccc1. The van der Waals surface area contributed by atoms with Crippen LogP contribution in [-0.4, -0.2) is 61.0 Å². The summed E-state index contributed by atoms with van der Waals surface area (Å²) in [5.74, 6) is 0.450. The summed E-state index contributed by atoms with van der Waals surface area (Å²) in [6.07, 6.45) is 4.41. The molecule has 1 amide bonds. The minimum absolute atomic E-state index is 0.0833. The van der Waals surface area contributed by atoms with Crippen molar-refractivity contribution >= 4 is 12.0 Å². The number of nitrogens with zero attached hydrogens (tertiary/aromatic N) is 2. The third kappa shape index (κ3) is 6.55. The highest BCUT2D eigenvalue weighted by atomic mass is 16.2. The van der Waals surface area contributed by atoms with Gasteiger partial charge in [0.1, 0.15) is 0 Å². The van der Waals surface area contributed by atoms with Crippen molar-refractivity contribution in [2.45, 2.75) is 25.8 Å². The lowest BCUT2D eigenvalue weighted by Crippen LogP contribution is -2.54. The lowest BCUT2D eigenvalue weighted by atomic mass is 10.0. The van der Waals surface area contributed by atoms with Crippen LogP contribution in [0.4, 0.5) is 0 Å². The summed E-state index contributed by atoms with van der Waals surface area (Å²) in [4.78, 5) is 17.3. The van der Waals surface area contributed by atoms with Crippen molar-refractivity contribution in [3.63, 3.8) is 0 Å². The van der Waals surface area contributed by atoms with Gasteiger partial charge in [0.05, 0.1) is 6.04 Å². The predicted octanol–water partition coefficient (Wildman–Crippen LogP) is 3.63. The number of carbonyl (C=O) groups excluding carboxylic acids is 1. The largest absolute Gasteiger partial charge is 0.354 e. The first kappa shape index (κ1) is 21.3. The number of amides is 1. The summed E-state index contributed by atoms with van der Waals surface area (Å²) >= 11 is 0. The molecule has 0 saturated carbocycles. The standard InChI is InChI=1S/C25H33N3O/c1-21(24-13-7-4-8-14-24)20-26-25(29)22(2)28-18-16-27(17-19-28)15-9-12-23-10-5-3-6-11-23/h3-14,21-22H,15-20H2,1-2H3,(H,26,29)/b12-9+/t21-,22-/m0/s1. The summed E-state index contributed by atoms with van der Waals surface area (Å²) in [7, 11) is 0. The quantitative estimate of drug-likeness (QED) is 0.746. The van der Waals surface area contributed by atoms with Crippen molar-refractivity contribution in [3.8, 4) is 0 Å². The van der Waals surface area contributed by atoms with E-state index in [2.05, 4.69) is 70.6 Å². The highest BCUT2D eigenvalue weighted by Gasteiger charge is 2.25. The van der Waals surface area contributed by atoms with E-state index in [1.807, 2.05) is 31.2 Å². The number of hydrogen-bond donors (Lipinski definition) is 1. The normalized spacial score (nSPS) is 17.9. The molecular formula is C25H33N3O. The van der Waals surface area contributed by atoms with Crippen LogP contribution in [-0.2, 0) is 4.79 Å². The Hall–Kier alpha value is -2.43. The van der Waals surface area contributed by atoms with E-state index < -0.39 is 0 Å². The van der Waals surface area contributed by atoms with Crippen LogP contribution in [0.5, 0.6) is 0 Å². The van der Waals surface area contributed by atoms with Crippen molar-refractivity contribution in [2.75, 3.05) is 39.3 Å². The van der Waals surface area contributed by atoms with Gasteiger partial charge in [-0.2, -0.15) is 0 Å². The molecule has 0 unspecified atom stereocenters. The fraction of sp³-hybridized carbons (Fsp3) is 0.400. The fourth-order valence-corrected chi connectivity index (χ4v) is 3.70. The molecule has 0 spiro atoms. The molecule has 1 saturated heterocycles. The van der Waals surface area contributed by atoms with Crippen molar-refractivity contribution in [3.05, 3.63) is 77.9 Å². The number of rotatable bonds is 8. The minimum Gasteiger partial charge on any atom is -0.354 e. The molecule has 1 aliphatic rings. The average Bonchev–Trinajstić information content (AvgIpc) is 2.78. The van der Waals surface area contributed by atoms with Crippen LogP contribution in [0.15, 0.2) is 66.7 Å². The van der Waals surface area contributed by atoms with Crippen molar-refractivity contribution < 1.29 is 4.79 Å². The molecule has 1 N–H and O–H groups in total. The van der Waals surface area contributed by atoms with Gasteiger partial charge in [-0.15, -0.1) is 0 Å². The molecule has 1 aliphatic heterocycles. The monoisotopic (exact) mass is 391 g/mol. The third-order valence-electron chi connectivity index (χ3n) is 5.76. The van der Waals surface area contributed by atoms with Crippen molar-refractivity contribution in [1.82, 2.24) is 15.1 Å². The molecule has 154 valence electrons. The summed E-state index contributed by atoms with van der Waals surface area (Å²) in [5.41, 5.74) is 2.50. The van der Waals surface area contributed by atoms with Gasteiger partial charge in [0.25, 0.3) is 0 Å². The molecule has 2 aromatic rings. The van der Waals surface area contributed by atoms with Gasteiger partial charge in [-0.25, -0.2) is 0 Å². The predicted molar refractivity (Wildman–Crippen MR) is 121 cm³/mol. The van der Waals surface area contributed by atoms with Crippen LogP contribution in [0, 0.1) is 0 Å². The van der Waals surface area contributed by atoms with E-state index in [4.69, 9.17) is 0 Å². The van der Waals surface area contributed by atoms with E-state index in [1.165, 1.54) is 11.1 Å². The lowest BCUT2D eigenvalue weighted by Gasteiger charge is -2.37. The van der Waals surface area contributed by atoms with E-state index in [0.29, 0.717) is 12.5 Å². The molecule has 3 rings (SSSR count).